The van der Waals surface area contributed by atoms with Crippen LogP contribution in [0.25, 0.3) is 0 Å². The van der Waals surface area contributed by atoms with Crippen LogP contribution < -0.4 is 5.32 Å². The molecule has 0 heterocycles. The summed E-state index contributed by atoms with van der Waals surface area (Å²) >= 11 is 0. The van der Waals surface area contributed by atoms with Crippen molar-refractivity contribution in [3.05, 3.63) is 0 Å². The van der Waals surface area contributed by atoms with E-state index in [-0.39, 0.29) is 0 Å². The Kier molecular flexibility index (Phi) is 7.51. The highest BCUT2D eigenvalue weighted by molar-refractivity contribution is 4.61. The van der Waals surface area contributed by atoms with Crippen LogP contribution in [0.4, 0.5) is 0 Å². The van der Waals surface area contributed by atoms with Crippen LogP contribution in [-0.2, 0) is 4.74 Å². The van der Waals surface area contributed by atoms with Crippen LogP contribution in [0, 0.1) is 5.92 Å². The van der Waals surface area contributed by atoms with E-state index in [2.05, 4.69) is 26.1 Å². The van der Waals surface area contributed by atoms with E-state index in [4.69, 9.17) is 4.74 Å². The van der Waals surface area contributed by atoms with Gasteiger partial charge in [-0.1, -0.05) is 27.2 Å². The van der Waals surface area contributed by atoms with Crippen LogP contribution in [0.3, 0.4) is 0 Å². The average Bonchev–Trinajstić information content (AvgIpc) is 2.02. The van der Waals surface area contributed by atoms with Gasteiger partial charge in [0, 0.05) is 13.7 Å². The molecule has 0 saturated heterocycles. The minimum Gasteiger partial charge on any atom is -0.380 e. The summed E-state index contributed by atoms with van der Waals surface area (Å²) in [6.45, 7) is 8.70. The highest BCUT2D eigenvalue weighted by Gasteiger charge is 2.04. The lowest BCUT2D eigenvalue weighted by Gasteiger charge is -2.15. The molecule has 1 N–H and O–H groups in total. The molecule has 0 aliphatic rings. The fraction of sp³-hybridized carbons (Fsp3) is 1.00. The Labute approximate surface area is 76.7 Å². The van der Waals surface area contributed by atoms with Crippen molar-refractivity contribution >= 4 is 0 Å². The van der Waals surface area contributed by atoms with Crippen LogP contribution in [0.2, 0.25) is 0 Å². The molecular formula is C10H23NO. The van der Waals surface area contributed by atoms with Gasteiger partial charge in [0.1, 0.15) is 0 Å². The van der Waals surface area contributed by atoms with E-state index in [0.717, 1.165) is 25.4 Å². The lowest BCUT2D eigenvalue weighted by atomic mass is 10.2. The standard InChI is InChI=1S/C10H23NO/c1-5-6-10(12-4)8-11-7-9(2)3/h9-11H,5-8H2,1-4H3. The Balaban J connectivity index is 3.31. The summed E-state index contributed by atoms with van der Waals surface area (Å²) in [6, 6.07) is 0. The van der Waals surface area contributed by atoms with Crippen molar-refractivity contribution in [1.82, 2.24) is 5.32 Å². The molecule has 0 bridgehead atoms. The summed E-state index contributed by atoms with van der Waals surface area (Å²) in [7, 11) is 1.79. The van der Waals surface area contributed by atoms with Gasteiger partial charge in [0.25, 0.3) is 0 Å². The average molecular weight is 173 g/mol. The lowest BCUT2D eigenvalue weighted by Crippen LogP contribution is -2.30. The Hall–Kier alpha value is -0.0800. The van der Waals surface area contributed by atoms with Gasteiger partial charge >= 0.3 is 0 Å². The van der Waals surface area contributed by atoms with Crippen LogP contribution in [0.1, 0.15) is 33.6 Å². The molecule has 1 atom stereocenters. The molecular weight excluding hydrogens is 150 g/mol. The number of hydrogen-bond donors (Lipinski definition) is 1. The Morgan fingerprint density at radius 1 is 1.25 bits per heavy atom. The molecule has 0 aromatic rings. The molecule has 0 amide bonds. The topological polar surface area (TPSA) is 21.3 Å². The van der Waals surface area contributed by atoms with Crippen molar-refractivity contribution in [1.29, 1.82) is 0 Å². The monoisotopic (exact) mass is 173 g/mol. The SMILES string of the molecule is CCCC(CNCC(C)C)OC. The van der Waals surface area contributed by atoms with E-state index in [1.807, 2.05) is 0 Å². The minimum atomic E-state index is 0.397. The van der Waals surface area contributed by atoms with Gasteiger partial charge in [0.2, 0.25) is 0 Å². The summed E-state index contributed by atoms with van der Waals surface area (Å²) in [5.74, 6) is 0.726. The van der Waals surface area contributed by atoms with Gasteiger partial charge in [-0.25, -0.2) is 0 Å². The van der Waals surface area contributed by atoms with E-state index >= 15 is 0 Å². The summed E-state index contributed by atoms with van der Waals surface area (Å²) < 4.78 is 5.31. The molecule has 0 fully saturated rings. The summed E-state index contributed by atoms with van der Waals surface area (Å²) in [4.78, 5) is 0. The van der Waals surface area contributed by atoms with E-state index in [1.54, 1.807) is 7.11 Å². The molecule has 74 valence electrons. The highest BCUT2D eigenvalue weighted by Crippen LogP contribution is 1.99. The number of rotatable bonds is 7. The summed E-state index contributed by atoms with van der Waals surface area (Å²) in [5, 5.41) is 3.40. The molecule has 0 aliphatic carbocycles. The molecule has 0 aromatic carbocycles. The van der Waals surface area contributed by atoms with Crippen LogP contribution in [0.15, 0.2) is 0 Å². The maximum absolute atomic E-state index is 5.31. The smallest absolute Gasteiger partial charge is 0.0695 e. The summed E-state index contributed by atoms with van der Waals surface area (Å²) in [5.41, 5.74) is 0. The number of hydrogen-bond acceptors (Lipinski definition) is 2. The van der Waals surface area contributed by atoms with E-state index < -0.39 is 0 Å². The van der Waals surface area contributed by atoms with Gasteiger partial charge in [-0.05, 0) is 18.9 Å². The third kappa shape index (κ3) is 6.62. The zero-order chi connectivity index (χ0) is 9.40. The number of ether oxygens (including phenoxy) is 1. The van der Waals surface area contributed by atoms with Gasteiger partial charge in [-0.15, -0.1) is 0 Å². The van der Waals surface area contributed by atoms with Crippen LogP contribution in [0.5, 0.6) is 0 Å². The molecule has 0 rings (SSSR count). The van der Waals surface area contributed by atoms with Crippen molar-refractivity contribution < 1.29 is 4.74 Å². The minimum absolute atomic E-state index is 0.397. The van der Waals surface area contributed by atoms with Crippen molar-refractivity contribution in [2.24, 2.45) is 5.92 Å². The predicted molar refractivity (Wildman–Crippen MR) is 53.4 cm³/mol. The van der Waals surface area contributed by atoms with Gasteiger partial charge in [0.05, 0.1) is 6.10 Å². The quantitative estimate of drug-likeness (QED) is 0.636. The molecule has 12 heavy (non-hydrogen) atoms. The molecule has 0 saturated carbocycles. The Morgan fingerprint density at radius 3 is 2.33 bits per heavy atom. The second-order valence-corrected chi connectivity index (χ2v) is 3.70. The fourth-order valence-electron chi connectivity index (χ4n) is 1.16. The zero-order valence-corrected chi connectivity index (χ0v) is 8.89. The molecule has 2 nitrogen and oxygen atoms in total. The zero-order valence-electron chi connectivity index (χ0n) is 8.89. The first-order valence-corrected chi connectivity index (χ1v) is 4.94. The maximum Gasteiger partial charge on any atom is 0.0695 e. The number of nitrogens with one attached hydrogen (secondary N) is 1. The molecule has 0 aliphatic heterocycles. The largest absolute Gasteiger partial charge is 0.380 e. The molecule has 0 aromatic heterocycles. The first-order chi connectivity index (χ1) is 5.70. The Bertz CT molecular complexity index is 93.8. The maximum atomic E-state index is 5.31. The van der Waals surface area contributed by atoms with E-state index in [1.165, 1.54) is 6.42 Å². The normalized spacial score (nSPS) is 13.8. The predicted octanol–water partition coefficient (Wildman–Crippen LogP) is 2.05. The van der Waals surface area contributed by atoms with Crippen molar-refractivity contribution in [2.75, 3.05) is 20.2 Å². The lowest BCUT2D eigenvalue weighted by molar-refractivity contribution is 0.0933. The van der Waals surface area contributed by atoms with Gasteiger partial charge in [0.15, 0.2) is 0 Å². The van der Waals surface area contributed by atoms with Crippen molar-refractivity contribution in [3.8, 4) is 0 Å². The third-order valence-corrected chi connectivity index (χ3v) is 1.87. The van der Waals surface area contributed by atoms with E-state index in [9.17, 15) is 0 Å². The fourth-order valence-corrected chi connectivity index (χ4v) is 1.16. The summed E-state index contributed by atoms with van der Waals surface area (Å²) in [6.07, 6.45) is 2.75. The molecule has 1 unspecified atom stereocenters. The van der Waals surface area contributed by atoms with Crippen molar-refractivity contribution in [3.63, 3.8) is 0 Å². The molecule has 0 radical (unpaired) electrons. The second-order valence-electron chi connectivity index (χ2n) is 3.70. The highest BCUT2D eigenvalue weighted by atomic mass is 16.5. The van der Waals surface area contributed by atoms with Gasteiger partial charge < -0.3 is 10.1 Å². The van der Waals surface area contributed by atoms with Crippen LogP contribution in [-0.4, -0.2) is 26.3 Å². The first-order valence-electron chi connectivity index (χ1n) is 4.94. The van der Waals surface area contributed by atoms with Gasteiger partial charge in [-0.2, -0.15) is 0 Å². The number of methoxy groups -OCH3 is 1. The van der Waals surface area contributed by atoms with E-state index in [0.29, 0.717) is 6.10 Å². The third-order valence-electron chi connectivity index (χ3n) is 1.87. The second kappa shape index (κ2) is 7.56. The first kappa shape index (κ1) is 11.9. The van der Waals surface area contributed by atoms with Crippen LogP contribution >= 0.6 is 0 Å². The molecule has 2 heteroatoms. The van der Waals surface area contributed by atoms with Gasteiger partial charge in [-0.3, -0.25) is 0 Å². The molecule has 0 spiro atoms. The Morgan fingerprint density at radius 2 is 1.92 bits per heavy atom. The van der Waals surface area contributed by atoms with Crippen molar-refractivity contribution in [2.45, 2.75) is 39.7 Å².